The van der Waals surface area contributed by atoms with Crippen molar-refractivity contribution in [2.45, 2.75) is 46.1 Å². The lowest BCUT2D eigenvalue weighted by Gasteiger charge is -2.31. The standard InChI is InChI=1S/C15H20F2O/c1-9-7-13(17)10(8-12(9)16)14(18)11-5-4-6-15(11,2)3/h7-8,11,14,18H,4-6H2,1-3H3. The summed E-state index contributed by atoms with van der Waals surface area (Å²) in [6.45, 7) is 5.68. The molecule has 1 N–H and O–H groups in total. The Morgan fingerprint density at radius 1 is 1.28 bits per heavy atom. The van der Waals surface area contributed by atoms with E-state index in [0.717, 1.165) is 31.4 Å². The van der Waals surface area contributed by atoms with Crippen molar-refractivity contribution >= 4 is 0 Å². The third-order valence-electron chi connectivity index (χ3n) is 4.32. The predicted molar refractivity (Wildman–Crippen MR) is 67.2 cm³/mol. The molecule has 2 rings (SSSR count). The quantitative estimate of drug-likeness (QED) is 0.841. The van der Waals surface area contributed by atoms with E-state index in [9.17, 15) is 13.9 Å². The first-order valence-electron chi connectivity index (χ1n) is 6.46. The fourth-order valence-electron chi connectivity index (χ4n) is 3.04. The van der Waals surface area contributed by atoms with E-state index in [1.165, 1.54) is 6.92 Å². The van der Waals surface area contributed by atoms with Crippen LogP contribution in [0.15, 0.2) is 12.1 Å². The van der Waals surface area contributed by atoms with E-state index in [0.29, 0.717) is 0 Å². The molecule has 3 heteroatoms. The van der Waals surface area contributed by atoms with Gasteiger partial charge in [-0.3, -0.25) is 0 Å². The first kappa shape index (κ1) is 13.5. The largest absolute Gasteiger partial charge is 0.388 e. The minimum atomic E-state index is -0.919. The molecule has 1 aliphatic rings. The molecule has 0 aliphatic heterocycles. The molecule has 18 heavy (non-hydrogen) atoms. The Morgan fingerprint density at radius 2 is 1.94 bits per heavy atom. The van der Waals surface area contributed by atoms with Gasteiger partial charge in [0, 0.05) is 5.56 Å². The van der Waals surface area contributed by atoms with E-state index in [-0.39, 0.29) is 22.5 Å². The highest BCUT2D eigenvalue weighted by molar-refractivity contribution is 5.27. The predicted octanol–water partition coefficient (Wildman–Crippen LogP) is 4.13. The van der Waals surface area contributed by atoms with Crippen molar-refractivity contribution in [2.75, 3.05) is 0 Å². The second kappa shape index (κ2) is 4.61. The fourth-order valence-corrected chi connectivity index (χ4v) is 3.04. The Labute approximate surface area is 107 Å². The van der Waals surface area contributed by atoms with Gasteiger partial charge in [0.2, 0.25) is 0 Å². The van der Waals surface area contributed by atoms with Gasteiger partial charge in [-0.25, -0.2) is 8.78 Å². The lowest BCUT2D eigenvalue weighted by atomic mass is 9.76. The molecule has 0 heterocycles. The molecule has 1 saturated carbocycles. The average molecular weight is 254 g/mol. The van der Waals surface area contributed by atoms with Crippen LogP contribution < -0.4 is 0 Å². The van der Waals surface area contributed by atoms with Crippen molar-refractivity contribution in [3.05, 3.63) is 34.9 Å². The molecule has 0 amide bonds. The molecular weight excluding hydrogens is 234 g/mol. The molecule has 0 saturated heterocycles. The summed E-state index contributed by atoms with van der Waals surface area (Å²) in [5.41, 5.74) is 0.347. The van der Waals surface area contributed by atoms with Crippen molar-refractivity contribution < 1.29 is 13.9 Å². The minimum Gasteiger partial charge on any atom is -0.388 e. The maximum atomic E-state index is 13.9. The number of hydrogen-bond acceptors (Lipinski definition) is 1. The van der Waals surface area contributed by atoms with Gasteiger partial charge in [0.15, 0.2) is 0 Å². The monoisotopic (exact) mass is 254 g/mol. The highest BCUT2D eigenvalue weighted by Crippen LogP contribution is 2.49. The second-order valence-corrected chi connectivity index (χ2v) is 6.06. The van der Waals surface area contributed by atoms with Gasteiger partial charge in [-0.15, -0.1) is 0 Å². The van der Waals surface area contributed by atoms with Gasteiger partial charge in [0.1, 0.15) is 11.6 Å². The molecule has 0 spiro atoms. The Morgan fingerprint density at radius 3 is 2.50 bits per heavy atom. The van der Waals surface area contributed by atoms with Gasteiger partial charge in [-0.05, 0) is 48.8 Å². The Balaban J connectivity index is 2.34. The number of rotatable bonds is 2. The molecule has 0 bridgehead atoms. The molecule has 0 radical (unpaired) electrons. The average Bonchev–Trinajstić information content (AvgIpc) is 2.62. The molecular formula is C15H20F2O. The zero-order valence-electron chi connectivity index (χ0n) is 11.1. The second-order valence-electron chi connectivity index (χ2n) is 6.06. The van der Waals surface area contributed by atoms with Crippen LogP contribution in [0.5, 0.6) is 0 Å². The summed E-state index contributed by atoms with van der Waals surface area (Å²) >= 11 is 0. The number of aliphatic hydroxyl groups excluding tert-OH is 1. The van der Waals surface area contributed by atoms with Crippen LogP contribution in [-0.4, -0.2) is 5.11 Å². The summed E-state index contributed by atoms with van der Waals surface area (Å²) < 4.78 is 27.4. The molecule has 2 atom stereocenters. The van der Waals surface area contributed by atoms with E-state index in [4.69, 9.17) is 0 Å². The normalized spacial score (nSPS) is 24.2. The first-order valence-corrected chi connectivity index (χ1v) is 6.46. The Hall–Kier alpha value is -0.960. The van der Waals surface area contributed by atoms with Gasteiger partial charge in [-0.2, -0.15) is 0 Å². The van der Waals surface area contributed by atoms with E-state index in [1.54, 1.807) is 0 Å². The summed E-state index contributed by atoms with van der Waals surface area (Å²) in [6.07, 6.45) is 2.00. The lowest BCUT2D eigenvalue weighted by Crippen LogP contribution is -2.25. The van der Waals surface area contributed by atoms with Crippen LogP contribution in [0, 0.1) is 29.9 Å². The number of hydrogen-bond donors (Lipinski definition) is 1. The molecule has 100 valence electrons. The minimum absolute atomic E-state index is 0.00546. The van der Waals surface area contributed by atoms with Crippen molar-refractivity contribution in [3.8, 4) is 0 Å². The van der Waals surface area contributed by atoms with E-state index in [1.807, 2.05) is 0 Å². The summed E-state index contributed by atoms with van der Waals surface area (Å²) in [7, 11) is 0. The highest BCUT2D eigenvalue weighted by Gasteiger charge is 2.40. The third kappa shape index (κ3) is 2.28. The Bertz CT molecular complexity index is 454. The molecule has 1 aliphatic carbocycles. The zero-order valence-corrected chi connectivity index (χ0v) is 11.1. The van der Waals surface area contributed by atoms with Gasteiger partial charge in [0.25, 0.3) is 0 Å². The number of aliphatic hydroxyl groups is 1. The van der Waals surface area contributed by atoms with Crippen LogP contribution in [-0.2, 0) is 0 Å². The molecule has 2 unspecified atom stereocenters. The van der Waals surface area contributed by atoms with Gasteiger partial charge < -0.3 is 5.11 Å². The third-order valence-corrected chi connectivity index (χ3v) is 4.32. The maximum Gasteiger partial charge on any atom is 0.129 e. The maximum absolute atomic E-state index is 13.9. The van der Waals surface area contributed by atoms with Crippen molar-refractivity contribution in [3.63, 3.8) is 0 Å². The highest BCUT2D eigenvalue weighted by atomic mass is 19.1. The van der Waals surface area contributed by atoms with Gasteiger partial charge in [0.05, 0.1) is 6.10 Å². The zero-order chi connectivity index (χ0) is 13.5. The van der Waals surface area contributed by atoms with Crippen LogP contribution in [0.4, 0.5) is 8.78 Å². The lowest BCUT2D eigenvalue weighted by molar-refractivity contribution is 0.0502. The number of benzene rings is 1. The topological polar surface area (TPSA) is 20.2 Å². The summed E-state index contributed by atoms with van der Waals surface area (Å²) in [5, 5.41) is 10.3. The first-order chi connectivity index (χ1) is 8.33. The van der Waals surface area contributed by atoms with Crippen molar-refractivity contribution in [1.82, 2.24) is 0 Å². The summed E-state index contributed by atoms with van der Waals surface area (Å²) in [6, 6.07) is 2.31. The summed E-state index contributed by atoms with van der Waals surface area (Å²) in [5.74, 6) is -0.973. The van der Waals surface area contributed by atoms with Crippen LogP contribution in [0.2, 0.25) is 0 Å². The molecule has 1 aromatic rings. The molecule has 1 aromatic carbocycles. The van der Waals surface area contributed by atoms with Crippen molar-refractivity contribution in [1.29, 1.82) is 0 Å². The fraction of sp³-hybridized carbons (Fsp3) is 0.600. The molecule has 0 aromatic heterocycles. The Kier molecular flexibility index (Phi) is 3.45. The SMILES string of the molecule is Cc1cc(F)c(C(O)C2CCCC2(C)C)cc1F. The molecule has 1 nitrogen and oxygen atoms in total. The van der Waals surface area contributed by atoms with E-state index < -0.39 is 17.7 Å². The van der Waals surface area contributed by atoms with Gasteiger partial charge >= 0.3 is 0 Å². The van der Waals surface area contributed by atoms with Crippen LogP contribution in [0.3, 0.4) is 0 Å². The van der Waals surface area contributed by atoms with Gasteiger partial charge in [-0.1, -0.05) is 20.3 Å². The smallest absolute Gasteiger partial charge is 0.129 e. The van der Waals surface area contributed by atoms with E-state index >= 15 is 0 Å². The van der Waals surface area contributed by atoms with Crippen LogP contribution in [0.25, 0.3) is 0 Å². The number of aryl methyl sites for hydroxylation is 1. The van der Waals surface area contributed by atoms with Crippen LogP contribution >= 0.6 is 0 Å². The molecule has 1 fully saturated rings. The van der Waals surface area contributed by atoms with E-state index in [2.05, 4.69) is 13.8 Å². The number of halogens is 2. The van der Waals surface area contributed by atoms with Crippen molar-refractivity contribution in [2.24, 2.45) is 11.3 Å². The van der Waals surface area contributed by atoms with Crippen LogP contribution in [0.1, 0.15) is 50.3 Å². The summed E-state index contributed by atoms with van der Waals surface area (Å²) in [4.78, 5) is 0.